The Morgan fingerprint density at radius 1 is 0.859 bits per heavy atom. The summed E-state index contributed by atoms with van der Waals surface area (Å²) in [6.07, 6.45) is 9.03. The van der Waals surface area contributed by atoms with Crippen molar-refractivity contribution in [2.24, 2.45) is 5.41 Å². The summed E-state index contributed by atoms with van der Waals surface area (Å²) in [7, 11) is -5.86. The molecular weight excluding hydrogens is 1130 g/mol. The van der Waals surface area contributed by atoms with Gasteiger partial charge in [-0.25, -0.2) is 0 Å². The molecule has 448 valence electrons. The fraction of sp³-hybridized carbons (Fsp3) is 0.429. The van der Waals surface area contributed by atoms with Crippen LogP contribution < -0.4 is 20.7 Å². The van der Waals surface area contributed by atoms with E-state index in [1.807, 2.05) is 41.3 Å². The molecule has 4 aliphatic rings. The Morgan fingerprint density at radius 2 is 1.60 bits per heavy atom. The summed E-state index contributed by atoms with van der Waals surface area (Å²) < 4.78 is 47.3. The molecule has 4 aromatic carbocycles. The molecule has 5 aromatic rings. The Kier molecular flexibility index (Phi) is 19.2. The molecule has 0 saturated carbocycles. The second-order valence-electron chi connectivity index (χ2n) is 23.2. The third kappa shape index (κ3) is 14.2. The molecular formula is C63H69F2N6O12PS. The summed E-state index contributed by atoms with van der Waals surface area (Å²) in [5.41, 5.74) is -2.83. The van der Waals surface area contributed by atoms with E-state index in [4.69, 9.17) is 4.74 Å². The Labute approximate surface area is 495 Å². The molecule has 0 spiro atoms. The maximum atomic E-state index is 15.2. The highest BCUT2D eigenvalue weighted by Crippen LogP contribution is 2.59. The lowest BCUT2D eigenvalue weighted by Gasteiger charge is -2.43. The van der Waals surface area contributed by atoms with Gasteiger partial charge in [0.05, 0.1) is 16.0 Å². The minimum Gasteiger partial charge on any atom is -0.484 e. The molecule has 4 atom stereocenters. The standard InChI is InChI=1S/C63H69F2N6O12PS/c1-62(2,3)55(68-57(75)51-35-43-32-45(25-28-50(43)85-51)63(64,65)84(80,81)82)61(79)70-37-44-33-46(26-24-41(44)34-49(70)59(77)69-31-17-22-42(36-69)39-18-13-11-14-19-39)83-38-53(73)66-30-15-10-8-6-4-5-7-9-12-20-40-21-16-23-47-54(40)60(78)71(58(47)76)48-27-29-52(72)67-56(48)74/h11,13-14,16,18-19,21,23-26,28,32-33,35,42,48-49,55H,4-10,15,17,22,27,29-31,34,36-38H2,1-3H3,(H,66,73)(H,68,75)(H,67,72,74)(H2,80,81,82)/t42-,48?,49-,55?/m0/s1. The molecule has 18 nitrogen and oxygen atoms in total. The molecule has 9 rings (SSSR count). The second-order valence-corrected chi connectivity index (χ2v) is 25.9. The molecule has 1 aromatic heterocycles. The monoisotopic (exact) mass is 1200 g/mol. The average molecular weight is 1200 g/mol. The van der Waals surface area contributed by atoms with E-state index in [-0.39, 0.29) is 71.5 Å². The zero-order chi connectivity index (χ0) is 60.8. The van der Waals surface area contributed by atoms with Crippen LogP contribution in [0.15, 0.2) is 91.0 Å². The number of hydrogen-bond donors (Lipinski definition) is 5. The summed E-state index contributed by atoms with van der Waals surface area (Å²) in [5.74, 6) is 2.67. The van der Waals surface area contributed by atoms with Crippen molar-refractivity contribution in [3.8, 4) is 17.6 Å². The predicted octanol–water partition coefficient (Wildman–Crippen LogP) is 8.70. The maximum Gasteiger partial charge on any atom is 0.399 e. The lowest BCUT2D eigenvalue weighted by Crippen LogP contribution is -2.61. The lowest BCUT2D eigenvalue weighted by molar-refractivity contribution is -0.150. The number of thiophene rings is 1. The number of carbonyl (C=O) groups excluding carboxylic acids is 8. The number of nitrogens with one attached hydrogen (secondary N) is 3. The number of likely N-dealkylation sites (tertiary alicyclic amines) is 1. The number of amides is 8. The maximum absolute atomic E-state index is 15.2. The van der Waals surface area contributed by atoms with Crippen LogP contribution in [0.4, 0.5) is 8.78 Å². The number of nitrogens with zero attached hydrogens (tertiary/aromatic N) is 3. The summed E-state index contributed by atoms with van der Waals surface area (Å²) in [6.45, 7) is 6.50. The number of carbonyl (C=O) groups is 8. The molecule has 0 aliphatic carbocycles. The second kappa shape index (κ2) is 26.3. The summed E-state index contributed by atoms with van der Waals surface area (Å²) >= 11 is 0.964. The first kappa shape index (κ1) is 61.9. The van der Waals surface area contributed by atoms with E-state index >= 15 is 4.79 Å². The highest BCUT2D eigenvalue weighted by Gasteiger charge is 2.51. The molecule has 0 radical (unpaired) electrons. The van der Waals surface area contributed by atoms with Gasteiger partial charge in [-0.05, 0) is 102 Å². The largest absolute Gasteiger partial charge is 0.484 e. The molecule has 0 bridgehead atoms. The van der Waals surface area contributed by atoms with Gasteiger partial charge >= 0.3 is 13.3 Å². The number of rotatable bonds is 20. The van der Waals surface area contributed by atoms with Gasteiger partial charge in [0.25, 0.3) is 23.6 Å². The number of fused-ring (bicyclic) bond motifs is 3. The molecule has 8 amide bonds. The molecule has 22 heteroatoms. The third-order valence-electron chi connectivity index (χ3n) is 16.1. The third-order valence-corrected chi connectivity index (χ3v) is 18.2. The van der Waals surface area contributed by atoms with E-state index in [0.29, 0.717) is 47.6 Å². The zero-order valence-corrected chi connectivity index (χ0v) is 49.3. The summed E-state index contributed by atoms with van der Waals surface area (Å²) in [6, 6.07) is 21.5. The Balaban J connectivity index is 0.766. The predicted molar refractivity (Wildman–Crippen MR) is 313 cm³/mol. The molecule has 2 saturated heterocycles. The van der Waals surface area contributed by atoms with Crippen molar-refractivity contribution in [1.82, 2.24) is 30.7 Å². The minimum atomic E-state index is -5.86. The first-order valence-electron chi connectivity index (χ1n) is 28.8. The fourth-order valence-corrected chi connectivity index (χ4v) is 12.9. The van der Waals surface area contributed by atoms with Crippen LogP contribution in [0.3, 0.4) is 0 Å². The number of unbranched alkanes of at least 4 members (excludes halogenated alkanes) is 7. The van der Waals surface area contributed by atoms with Crippen molar-refractivity contribution in [2.75, 3.05) is 26.2 Å². The van der Waals surface area contributed by atoms with E-state index in [1.54, 1.807) is 51.1 Å². The normalized spacial score (nSPS) is 18.5. The van der Waals surface area contributed by atoms with Crippen LogP contribution in [0, 0.1) is 17.3 Å². The van der Waals surface area contributed by atoms with Crippen molar-refractivity contribution in [2.45, 2.75) is 140 Å². The Morgan fingerprint density at radius 3 is 2.33 bits per heavy atom. The van der Waals surface area contributed by atoms with Crippen LogP contribution in [0.5, 0.6) is 5.75 Å². The Bertz CT molecular complexity index is 3530. The van der Waals surface area contributed by atoms with Gasteiger partial charge in [-0.2, -0.15) is 8.78 Å². The van der Waals surface area contributed by atoms with E-state index in [1.165, 1.54) is 17.0 Å². The highest BCUT2D eigenvalue weighted by atomic mass is 32.1. The summed E-state index contributed by atoms with van der Waals surface area (Å²) in [5, 5.41) is 8.16. The molecule has 5 N–H and O–H groups in total. The van der Waals surface area contributed by atoms with Gasteiger partial charge in [0.15, 0.2) is 6.61 Å². The van der Waals surface area contributed by atoms with E-state index < -0.39 is 77.8 Å². The van der Waals surface area contributed by atoms with E-state index in [2.05, 4.69) is 27.8 Å². The van der Waals surface area contributed by atoms with Crippen molar-refractivity contribution in [3.05, 3.63) is 135 Å². The quantitative estimate of drug-likeness (QED) is 0.0213. The SMILES string of the molecule is CC(C)(C)C(NC(=O)c1cc2cc(C(F)(F)P(=O)(O)O)ccc2s1)C(=O)N1Cc2cc(OCC(=O)NCCCCCCCCCC#Cc3cccc4c3C(=O)N(C3CCC(=O)NC3=O)C4=O)ccc2C[C@H]1C(=O)N1CCC[C@H](c2ccccc2)C1. The fourth-order valence-electron chi connectivity index (χ4n) is 11.4. The first-order valence-corrected chi connectivity index (χ1v) is 31.2. The van der Waals surface area contributed by atoms with Gasteiger partial charge < -0.3 is 35.0 Å². The molecule has 5 heterocycles. The van der Waals surface area contributed by atoms with Gasteiger partial charge in [0.1, 0.15) is 23.9 Å². The highest BCUT2D eigenvalue weighted by molar-refractivity contribution is 7.52. The van der Waals surface area contributed by atoms with Gasteiger partial charge in [0, 0.05) is 67.2 Å². The van der Waals surface area contributed by atoms with Crippen molar-refractivity contribution in [3.63, 3.8) is 0 Å². The molecule has 2 fully saturated rings. The van der Waals surface area contributed by atoms with Crippen LogP contribution in [-0.4, -0.2) is 116 Å². The minimum absolute atomic E-state index is 0.0149. The topological polar surface area (TPSA) is 249 Å². The van der Waals surface area contributed by atoms with Crippen molar-refractivity contribution >= 4 is 76.3 Å². The number of imide groups is 2. The number of piperidine rings is 2. The first-order chi connectivity index (χ1) is 40.5. The number of alkyl halides is 2. The number of ether oxygens (including phenoxy) is 1. The van der Waals surface area contributed by atoms with Gasteiger partial charge in [0.2, 0.25) is 23.6 Å². The van der Waals surface area contributed by atoms with Crippen LogP contribution in [0.25, 0.3) is 10.1 Å². The zero-order valence-electron chi connectivity index (χ0n) is 47.6. The van der Waals surface area contributed by atoms with E-state index in [0.717, 1.165) is 97.3 Å². The number of benzene rings is 4. The van der Waals surface area contributed by atoms with Gasteiger partial charge in [-0.3, -0.25) is 53.1 Å². The van der Waals surface area contributed by atoms with Crippen LogP contribution >= 0.6 is 18.9 Å². The molecule has 4 aliphatic heterocycles. The van der Waals surface area contributed by atoms with Crippen LogP contribution in [0.1, 0.15) is 162 Å². The van der Waals surface area contributed by atoms with Crippen molar-refractivity contribution in [1.29, 1.82) is 0 Å². The summed E-state index contributed by atoms with van der Waals surface area (Å²) in [4.78, 5) is 131. The Hall–Kier alpha value is -7.63. The van der Waals surface area contributed by atoms with Crippen LogP contribution in [0.2, 0.25) is 0 Å². The smallest absolute Gasteiger partial charge is 0.399 e. The van der Waals surface area contributed by atoms with Gasteiger partial charge in [-0.15, -0.1) is 11.3 Å². The van der Waals surface area contributed by atoms with Gasteiger partial charge in [-0.1, -0.05) is 113 Å². The van der Waals surface area contributed by atoms with Crippen molar-refractivity contribution < 1.29 is 66.2 Å². The number of hydrogen-bond acceptors (Lipinski definition) is 11. The lowest BCUT2D eigenvalue weighted by atomic mass is 9.83. The molecule has 85 heavy (non-hydrogen) atoms. The number of halogens is 2. The average Bonchev–Trinajstić information content (AvgIpc) is 2.32. The molecule has 2 unspecified atom stereocenters. The van der Waals surface area contributed by atoms with E-state index in [9.17, 15) is 56.7 Å². The van der Waals surface area contributed by atoms with Crippen LogP contribution in [-0.2, 0) is 47.2 Å².